The Morgan fingerprint density at radius 2 is 1.85 bits per heavy atom. The van der Waals surface area contributed by atoms with Crippen LogP contribution in [-0.2, 0) is 4.74 Å². The molecule has 2 aromatic rings. The number of aromatic nitrogens is 2. The van der Waals surface area contributed by atoms with E-state index in [0.29, 0.717) is 28.8 Å². The minimum absolute atomic E-state index is 0.247. The fraction of sp³-hybridized carbons (Fsp3) is 0.542. The quantitative estimate of drug-likeness (QED) is 0.315. The van der Waals surface area contributed by atoms with Crippen molar-refractivity contribution in [2.75, 3.05) is 37.4 Å². The number of rotatable bonds is 10. The largest absolute Gasteiger partial charge is 0.383 e. The summed E-state index contributed by atoms with van der Waals surface area (Å²) >= 11 is 12.9. The van der Waals surface area contributed by atoms with Crippen LogP contribution in [0.2, 0.25) is 10.2 Å². The van der Waals surface area contributed by atoms with E-state index in [1.807, 2.05) is 12.1 Å². The number of nitrogens with zero attached hydrogens (tertiary/aromatic N) is 3. The van der Waals surface area contributed by atoms with Crippen molar-refractivity contribution in [3.8, 4) is 17.2 Å². The van der Waals surface area contributed by atoms with Gasteiger partial charge in [-0.25, -0.2) is 9.97 Å². The van der Waals surface area contributed by atoms with E-state index in [-0.39, 0.29) is 5.41 Å². The van der Waals surface area contributed by atoms with Crippen LogP contribution in [0.1, 0.15) is 38.5 Å². The first kappa shape index (κ1) is 24.0. The molecule has 0 unspecified atom stereocenters. The van der Waals surface area contributed by atoms with Gasteiger partial charge in [-0.05, 0) is 50.7 Å². The van der Waals surface area contributed by atoms with Gasteiger partial charge in [0.05, 0.1) is 35.0 Å². The van der Waals surface area contributed by atoms with Crippen LogP contribution in [0.15, 0.2) is 24.5 Å². The van der Waals surface area contributed by atoms with Gasteiger partial charge in [-0.3, -0.25) is 0 Å². The molecule has 2 aliphatic rings. The molecule has 33 heavy (non-hydrogen) atoms. The van der Waals surface area contributed by atoms with Gasteiger partial charge in [0.2, 0.25) is 0 Å². The topological polar surface area (TPSA) is 94.9 Å². The first-order valence-electron chi connectivity index (χ1n) is 11.5. The highest BCUT2D eigenvalue weighted by molar-refractivity contribution is 6.36. The second-order valence-electron chi connectivity index (χ2n) is 9.00. The fourth-order valence-electron chi connectivity index (χ4n) is 4.22. The molecule has 0 bridgehead atoms. The second kappa shape index (κ2) is 10.9. The van der Waals surface area contributed by atoms with Crippen molar-refractivity contribution in [1.29, 1.82) is 5.26 Å². The fourth-order valence-corrected chi connectivity index (χ4v) is 4.63. The smallest absolute Gasteiger partial charge is 0.137 e. The maximum Gasteiger partial charge on any atom is 0.137 e. The summed E-state index contributed by atoms with van der Waals surface area (Å²) in [6.07, 6.45) is 9.60. The van der Waals surface area contributed by atoms with Crippen molar-refractivity contribution < 1.29 is 4.74 Å². The standard InChI is InChI=1S/C24H30Cl2N6O/c1-33-9-8-28-16-2-4-17(5-3-16)32-22-11-19(21(25)13-29-22)20-10-18(12-30-23(20)26)31-15-24(14-27)6-7-24/h10-13,16-17,28,31H,2-9,15H2,1H3,(H,29,32). The van der Waals surface area contributed by atoms with E-state index in [2.05, 4.69) is 32.0 Å². The highest BCUT2D eigenvalue weighted by atomic mass is 35.5. The molecule has 0 saturated heterocycles. The van der Waals surface area contributed by atoms with Crippen LogP contribution in [0.4, 0.5) is 11.5 Å². The zero-order valence-electron chi connectivity index (χ0n) is 18.8. The van der Waals surface area contributed by atoms with Crippen LogP contribution in [0.5, 0.6) is 0 Å². The Bertz CT molecular complexity index is 999. The third kappa shape index (κ3) is 6.27. The zero-order valence-corrected chi connectivity index (χ0v) is 20.3. The summed E-state index contributed by atoms with van der Waals surface area (Å²) in [6.45, 7) is 2.23. The Morgan fingerprint density at radius 3 is 2.55 bits per heavy atom. The molecule has 0 radical (unpaired) electrons. The Labute approximate surface area is 205 Å². The van der Waals surface area contributed by atoms with Crippen molar-refractivity contribution in [2.45, 2.75) is 50.6 Å². The molecular formula is C24H30Cl2N6O. The average molecular weight is 489 g/mol. The van der Waals surface area contributed by atoms with Crippen molar-refractivity contribution >= 4 is 34.7 Å². The van der Waals surface area contributed by atoms with E-state index >= 15 is 0 Å². The Morgan fingerprint density at radius 1 is 1.09 bits per heavy atom. The van der Waals surface area contributed by atoms with Crippen molar-refractivity contribution in [2.24, 2.45) is 5.41 Å². The Kier molecular flexibility index (Phi) is 7.92. The van der Waals surface area contributed by atoms with Gasteiger partial charge in [0.1, 0.15) is 11.0 Å². The van der Waals surface area contributed by atoms with Gasteiger partial charge in [-0.15, -0.1) is 0 Å². The van der Waals surface area contributed by atoms with E-state index in [0.717, 1.165) is 74.3 Å². The molecule has 0 amide bonds. The summed E-state index contributed by atoms with van der Waals surface area (Å²) in [5.41, 5.74) is 2.10. The number of ether oxygens (including phenoxy) is 1. The number of hydrogen-bond donors (Lipinski definition) is 3. The van der Waals surface area contributed by atoms with E-state index < -0.39 is 0 Å². The number of halogens is 2. The molecule has 2 aliphatic carbocycles. The van der Waals surface area contributed by atoms with Crippen LogP contribution >= 0.6 is 23.2 Å². The average Bonchev–Trinajstić information content (AvgIpc) is 3.62. The number of hydrogen-bond acceptors (Lipinski definition) is 7. The molecule has 0 spiro atoms. The lowest BCUT2D eigenvalue weighted by Gasteiger charge is -2.30. The van der Waals surface area contributed by atoms with E-state index in [1.165, 1.54) is 0 Å². The molecular weight excluding hydrogens is 459 g/mol. The lowest BCUT2D eigenvalue weighted by Crippen LogP contribution is -2.38. The van der Waals surface area contributed by atoms with Gasteiger partial charge in [-0.2, -0.15) is 5.26 Å². The number of pyridine rings is 2. The molecule has 2 saturated carbocycles. The molecule has 3 N–H and O–H groups in total. The highest BCUT2D eigenvalue weighted by Crippen LogP contribution is 2.45. The first-order chi connectivity index (χ1) is 16.0. The summed E-state index contributed by atoms with van der Waals surface area (Å²) in [7, 11) is 1.73. The molecule has 176 valence electrons. The van der Waals surface area contributed by atoms with Crippen molar-refractivity contribution in [3.63, 3.8) is 0 Å². The third-order valence-corrected chi connectivity index (χ3v) is 7.13. The number of anilines is 2. The van der Waals surface area contributed by atoms with Crippen molar-refractivity contribution in [1.82, 2.24) is 15.3 Å². The van der Waals surface area contributed by atoms with Crippen molar-refractivity contribution in [3.05, 3.63) is 34.7 Å². The molecule has 0 aromatic carbocycles. The lowest BCUT2D eigenvalue weighted by atomic mass is 9.91. The van der Waals surface area contributed by atoms with Crippen LogP contribution in [-0.4, -0.2) is 48.9 Å². The molecule has 0 aliphatic heterocycles. The summed E-state index contributed by atoms with van der Waals surface area (Å²) in [5, 5.41) is 20.6. The summed E-state index contributed by atoms with van der Waals surface area (Å²) in [6, 6.07) is 7.18. The Hall–Kier alpha value is -2.11. The molecule has 4 rings (SSSR count). The molecule has 2 heterocycles. The minimum atomic E-state index is -0.247. The molecule has 7 nitrogen and oxygen atoms in total. The van der Waals surface area contributed by atoms with Crippen LogP contribution in [0, 0.1) is 16.7 Å². The Balaban J connectivity index is 1.41. The van der Waals surface area contributed by atoms with Gasteiger partial charge in [-0.1, -0.05) is 23.2 Å². The molecule has 2 aromatic heterocycles. The molecule has 2 fully saturated rings. The van der Waals surface area contributed by atoms with Gasteiger partial charge < -0.3 is 20.7 Å². The van der Waals surface area contributed by atoms with Gasteiger partial charge in [0, 0.05) is 49.6 Å². The third-order valence-electron chi connectivity index (χ3n) is 6.52. The molecule has 0 atom stereocenters. The molecule has 9 heteroatoms. The second-order valence-corrected chi connectivity index (χ2v) is 9.76. The monoisotopic (exact) mass is 488 g/mol. The minimum Gasteiger partial charge on any atom is -0.383 e. The summed E-state index contributed by atoms with van der Waals surface area (Å²) in [5.74, 6) is 0.779. The van der Waals surface area contributed by atoms with E-state index in [1.54, 1.807) is 19.5 Å². The summed E-state index contributed by atoms with van der Waals surface area (Å²) < 4.78 is 5.12. The van der Waals surface area contributed by atoms with Gasteiger partial charge in [0.25, 0.3) is 0 Å². The first-order valence-corrected chi connectivity index (χ1v) is 12.2. The predicted molar refractivity (Wildman–Crippen MR) is 133 cm³/mol. The number of nitrogens with one attached hydrogen (secondary N) is 3. The normalized spacial score (nSPS) is 21.3. The zero-order chi connectivity index (χ0) is 23.3. The van der Waals surface area contributed by atoms with Crippen LogP contribution in [0.25, 0.3) is 11.1 Å². The van der Waals surface area contributed by atoms with E-state index in [9.17, 15) is 5.26 Å². The number of methoxy groups -OCH3 is 1. The van der Waals surface area contributed by atoms with Crippen LogP contribution in [0.3, 0.4) is 0 Å². The predicted octanol–water partition coefficient (Wildman–Crippen LogP) is 5.13. The SMILES string of the molecule is COCCNC1CCC(Nc2cc(-c3cc(NCC4(C#N)CC4)cnc3Cl)c(Cl)cn2)CC1. The van der Waals surface area contributed by atoms with Gasteiger partial charge >= 0.3 is 0 Å². The maximum absolute atomic E-state index is 9.31. The lowest BCUT2D eigenvalue weighted by molar-refractivity contribution is 0.191. The number of nitriles is 1. The van der Waals surface area contributed by atoms with Crippen LogP contribution < -0.4 is 16.0 Å². The summed E-state index contributed by atoms with van der Waals surface area (Å²) in [4.78, 5) is 8.82. The maximum atomic E-state index is 9.31. The van der Waals surface area contributed by atoms with E-state index in [4.69, 9.17) is 27.9 Å². The highest BCUT2D eigenvalue weighted by Gasteiger charge is 2.42. The van der Waals surface area contributed by atoms with Gasteiger partial charge in [0.15, 0.2) is 0 Å².